The Hall–Kier alpha value is -4.07. The van der Waals surface area contributed by atoms with Crippen LogP contribution in [0.1, 0.15) is 73.1 Å². The minimum absolute atomic E-state index is 0.0812. The summed E-state index contributed by atoms with van der Waals surface area (Å²) in [6.07, 6.45) is 1.31. The van der Waals surface area contributed by atoms with E-state index in [0.29, 0.717) is 24.0 Å². The summed E-state index contributed by atoms with van der Waals surface area (Å²) in [4.78, 5) is 19.6. The van der Waals surface area contributed by atoms with Crippen LogP contribution in [0.4, 0.5) is 20.2 Å². The molecular formula is C35H36F2N4O. The Bertz CT molecular complexity index is 1460. The number of benzene rings is 4. The fourth-order valence-electron chi connectivity index (χ4n) is 6.91. The predicted molar refractivity (Wildman–Crippen MR) is 163 cm³/mol. The van der Waals surface area contributed by atoms with Gasteiger partial charge in [-0.2, -0.15) is 0 Å². The smallest absolute Gasteiger partial charge is 0.186 e. The lowest BCUT2D eigenvalue weighted by Crippen LogP contribution is -2.51. The first-order valence-electron chi connectivity index (χ1n) is 14.5. The maximum absolute atomic E-state index is 15.4. The van der Waals surface area contributed by atoms with Crippen LogP contribution in [0.3, 0.4) is 0 Å². The van der Waals surface area contributed by atoms with Crippen molar-refractivity contribution in [2.75, 3.05) is 9.80 Å². The number of ketones is 1. The van der Waals surface area contributed by atoms with E-state index in [2.05, 4.69) is 23.6 Å². The molecule has 7 heteroatoms. The van der Waals surface area contributed by atoms with Crippen molar-refractivity contribution >= 4 is 17.2 Å². The number of hydrogen-bond donors (Lipinski definition) is 2. The molecule has 6 atom stereocenters. The monoisotopic (exact) mass is 566 g/mol. The molecule has 0 fully saturated rings. The second kappa shape index (κ2) is 11.3. The van der Waals surface area contributed by atoms with Gasteiger partial charge in [0.25, 0.3) is 0 Å². The molecule has 216 valence electrons. The van der Waals surface area contributed by atoms with Crippen molar-refractivity contribution in [2.24, 2.45) is 11.5 Å². The van der Waals surface area contributed by atoms with Gasteiger partial charge in [-0.1, -0.05) is 60.7 Å². The zero-order valence-electron chi connectivity index (χ0n) is 23.8. The largest absolute Gasteiger partial charge is 0.354 e. The van der Waals surface area contributed by atoms with Crippen LogP contribution in [0.2, 0.25) is 0 Å². The number of hydrogen-bond acceptors (Lipinski definition) is 5. The lowest BCUT2D eigenvalue weighted by molar-refractivity contribution is -0.122. The zero-order valence-corrected chi connectivity index (χ0v) is 23.8. The molecule has 0 aliphatic carbocycles. The fraction of sp³-hybridized carbons (Fsp3) is 0.286. The molecule has 0 aromatic heterocycles. The van der Waals surface area contributed by atoms with Gasteiger partial charge in [-0.3, -0.25) is 4.79 Å². The van der Waals surface area contributed by atoms with Crippen LogP contribution in [0.5, 0.6) is 0 Å². The summed E-state index contributed by atoms with van der Waals surface area (Å²) in [6.45, 7) is 4.15. The molecule has 0 saturated carbocycles. The van der Waals surface area contributed by atoms with E-state index in [4.69, 9.17) is 11.5 Å². The van der Waals surface area contributed by atoms with Crippen LogP contribution in [-0.2, 0) is 4.79 Å². The summed E-state index contributed by atoms with van der Waals surface area (Å²) >= 11 is 0. The quantitative estimate of drug-likeness (QED) is 0.265. The molecule has 4 N–H and O–H groups in total. The minimum Gasteiger partial charge on any atom is -0.354 e. The van der Waals surface area contributed by atoms with Crippen molar-refractivity contribution in [2.45, 2.75) is 62.9 Å². The standard InChI is InChI=1S/C35H36F2N4O/c1-21-19-29(38)27-7-3-5-9-31(27)40(21)33(23-11-15-25(36)16-12-23)35(42)34(24-13-17-26(37)18-14-24)41-22(2)20-30(39)28-8-4-6-10-32(28)41/h3-18,21-22,29-30,33-34H,19-20,38-39H2,1-2H3/t21-,22-,29+,30+,33?,34?/m0/s1. The van der Waals surface area contributed by atoms with Crippen molar-refractivity contribution in [3.63, 3.8) is 0 Å². The normalized spacial score (nSPS) is 23.1. The Balaban J connectivity index is 1.56. The number of para-hydroxylation sites is 2. The molecule has 2 aliphatic heterocycles. The van der Waals surface area contributed by atoms with Crippen LogP contribution in [0.15, 0.2) is 97.1 Å². The van der Waals surface area contributed by atoms with Gasteiger partial charge in [0.15, 0.2) is 5.78 Å². The second-order valence-electron chi connectivity index (χ2n) is 11.6. The average molecular weight is 567 g/mol. The highest BCUT2D eigenvalue weighted by atomic mass is 19.1. The van der Waals surface area contributed by atoms with Crippen LogP contribution < -0.4 is 21.3 Å². The summed E-state index contributed by atoms with van der Waals surface area (Å²) in [5.74, 6) is -0.842. The Kier molecular flexibility index (Phi) is 7.56. The van der Waals surface area contributed by atoms with Crippen molar-refractivity contribution in [3.05, 3.63) is 131 Å². The molecule has 5 nitrogen and oxygen atoms in total. The van der Waals surface area contributed by atoms with Gasteiger partial charge < -0.3 is 21.3 Å². The Morgan fingerprint density at radius 2 is 1.00 bits per heavy atom. The zero-order chi connectivity index (χ0) is 29.5. The van der Waals surface area contributed by atoms with E-state index in [0.717, 1.165) is 22.5 Å². The number of anilines is 2. The Morgan fingerprint density at radius 1 is 0.643 bits per heavy atom. The molecule has 2 unspecified atom stereocenters. The van der Waals surface area contributed by atoms with Gasteiger partial charge in [0.1, 0.15) is 23.7 Å². The number of nitrogens with zero attached hydrogens (tertiary/aromatic N) is 2. The summed E-state index contributed by atoms with van der Waals surface area (Å²) in [5, 5.41) is 0. The number of halogens is 2. The number of nitrogens with two attached hydrogens (primary N) is 2. The summed E-state index contributed by atoms with van der Waals surface area (Å²) in [6, 6.07) is 26.1. The topological polar surface area (TPSA) is 75.6 Å². The first-order valence-corrected chi connectivity index (χ1v) is 14.5. The van der Waals surface area contributed by atoms with Gasteiger partial charge in [0, 0.05) is 35.5 Å². The number of carbonyl (C=O) groups is 1. The molecule has 0 spiro atoms. The van der Waals surface area contributed by atoms with Gasteiger partial charge in [-0.25, -0.2) is 8.78 Å². The summed E-state index contributed by atoms with van der Waals surface area (Å²) in [5.41, 5.74) is 18.2. The van der Waals surface area contributed by atoms with Crippen LogP contribution >= 0.6 is 0 Å². The van der Waals surface area contributed by atoms with E-state index in [1.165, 1.54) is 24.3 Å². The number of rotatable bonds is 6. The maximum atomic E-state index is 15.4. The van der Waals surface area contributed by atoms with Crippen molar-refractivity contribution in [1.29, 1.82) is 0 Å². The molecule has 4 aromatic rings. The number of fused-ring (bicyclic) bond motifs is 2. The highest BCUT2D eigenvalue weighted by molar-refractivity contribution is 5.97. The van der Waals surface area contributed by atoms with E-state index in [1.807, 2.05) is 48.5 Å². The second-order valence-corrected chi connectivity index (χ2v) is 11.6. The van der Waals surface area contributed by atoms with Crippen LogP contribution in [0, 0.1) is 11.6 Å². The van der Waals surface area contributed by atoms with E-state index in [1.54, 1.807) is 24.3 Å². The third-order valence-corrected chi connectivity index (χ3v) is 8.84. The first-order chi connectivity index (χ1) is 20.2. The van der Waals surface area contributed by atoms with Crippen LogP contribution in [-0.4, -0.2) is 17.9 Å². The molecule has 6 rings (SSSR count). The molecule has 0 bridgehead atoms. The Morgan fingerprint density at radius 3 is 1.38 bits per heavy atom. The lowest BCUT2D eigenvalue weighted by atomic mass is 9.83. The number of Topliss-reactive ketones (excluding diaryl/α,β-unsaturated/α-hetero) is 1. The van der Waals surface area contributed by atoms with Gasteiger partial charge in [-0.05, 0) is 85.3 Å². The predicted octanol–water partition coefficient (Wildman–Crippen LogP) is 6.91. The summed E-state index contributed by atoms with van der Waals surface area (Å²) in [7, 11) is 0. The highest BCUT2D eigenvalue weighted by Gasteiger charge is 2.44. The van der Waals surface area contributed by atoms with E-state index >= 15 is 4.79 Å². The molecule has 42 heavy (non-hydrogen) atoms. The number of carbonyl (C=O) groups excluding carboxylic acids is 1. The minimum atomic E-state index is -0.765. The maximum Gasteiger partial charge on any atom is 0.186 e. The summed E-state index contributed by atoms with van der Waals surface area (Å²) < 4.78 is 28.4. The molecule has 2 aliphatic rings. The third-order valence-electron chi connectivity index (χ3n) is 8.84. The van der Waals surface area contributed by atoms with Crippen LogP contribution in [0.25, 0.3) is 0 Å². The molecule has 0 radical (unpaired) electrons. The average Bonchev–Trinajstić information content (AvgIpc) is 2.98. The third kappa shape index (κ3) is 4.97. The molecule has 4 aromatic carbocycles. The SMILES string of the molecule is C[C@H]1C[C@@H](N)c2ccccc2N1C(C(=O)C(c1ccc(F)cc1)N1c2ccccc2[C@H](N)C[C@@H]1C)c1ccc(F)cc1. The van der Waals surface area contributed by atoms with E-state index in [-0.39, 0.29) is 41.6 Å². The first kappa shape index (κ1) is 28.1. The highest BCUT2D eigenvalue weighted by Crippen LogP contribution is 2.46. The van der Waals surface area contributed by atoms with Gasteiger partial charge in [0.2, 0.25) is 0 Å². The molecule has 0 amide bonds. The fourth-order valence-corrected chi connectivity index (χ4v) is 6.91. The van der Waals surface area contributed by atoms with Crippen molar-refractivity contribution in [1.82, 2.24) is 0 Å². The molecule has 0 saturated heterocycles. The lowest BCUT2D eigenvalue weighted by Gasteiger charge is -2.48. The van der Waals surface area contributed by atoms with Crippen molar-refractivity contribution < 1.29 is 13.6 Å². The van der Waals surface area contributed by atoms with Gasteiger partial charge in [-0.15, -0.1) is 0 Å². The molecular weight excluding hydrogens is 530 g/mol. The van der Waals surface area contributed by atoms with E-state index < -0.39 is 12.1 Å². The van der Waals surface area contributed by atoms with E-state index in [9.17, 15) is 8.78 Å². The Labute approximate surface area is 245 Å². The van der Waals surface area contributed by atoms with Gasteiger partial charge >= 0.3 is 0 Å². The molecule has 2 heterocycles. The van der Waals surface area contributed by atoms with Gasteiger partial charge in [0.05, 0.1) is 0 Å². The van der Waals surface area contributed by atoms with Crippen molar-refractivity contribution in [3.8, 4) is 0 Å².